The van der Waals surface area contributed by atoms with Crippen molar-refractivity contribution in [3.05, 3.63) is 54.1 Å². The third-order valence-corrected chi connectivity index (χ3v) is 6.24. The fraction of sp³-hybridized carbons (Fsp3) is 0.348. The number of tetrazole rings is 1. The molecule has 182 valence electrons. The number of carbonyl (C=O) groups is 1. The third-order valence-electron chi connectivity index (χ3n) is 6.02. The second-order valence-corrected chi connectivity index (χ2v) is 8.53. The number of nitrogens with zero attached hydrogens (tertiary/aromatic N) is 4. The van der Waals surface area contributed by atoms with E-state index in [4.69, 9.17) is 31.2 Å². The molecule has 0 spiro atoms. The molecule has 2 saturated heterocycles. The molecule has 2 N–H and O–H groups in total. The number of fused-ring (bicyclic) bond motifs is 1. The summed E-state index contributed by atoms with van der Waals surface area (Å²) in [6, 6.07) is 14.1. The van der Waals surface area contributed by atoms with Gasteiger partial charge < -0.3 is 29.6 Å². The van der Waals surface area contributed by atoms with E-state index in [0.29, 0.717) is 35.4 Å². The number of benzene rings is 2. The van der Waals surface area contributed by atoms with Crippen molar-refractivity contribution in [3.8, 4) is 17.1 Å². The molecule has 0 saturated carbocycles. The van der Waals surface area contributed by atoms with Gasteiger partial charge in [-0.2, -0.15) is 0 Å². The predicted molar refractivity (Wildman–Crippen MR) is 129 cm³/mol. The van der Waals surface area contributed by atoms with E-state index < -0.39 is 5.97 Å². The number of esters is 1. The van der Waals surface area contributed by atoms with Gasteiger partial charge in [-0.15, -0.1) is 5.10 Å². The van der Waals surface area contributed by atoms with Crippen LogP contribution in [-0.4, -0.2) is 77.0 Å². The standard InChI is InChI=1S/C23H24N6O5S/c1-31-16-8-4-5-13(10-16)21-26-27-28-29(21)18-12-34-19-17(11-33-20(18)19)25-23(35)24-15-7-3-6-14(9-15)22(30)32-2/h3-10,17-20H,11-12H2,1-2H3,(H2,24,25,35). The Kier molecular flexibility index (Phi) is 6.57. The number of hydrogen-bond donors (Lipinski definition) is 2. The van der Waals surface area contributed by atoms with Gasteiger partial charge in [0.2, 0.25) is 0 Å². The first-order chi connectivity index (χ1) is 17.1. The first kappa shape index (κ1) is 23.1. The zero-order valence-electron chi connectivity index (χ0n) is 19.1. The summed E-state index contributed by atoms with van der Waals surface area (Å²) in [5.41, 5.74) is 1.94. The molecule has 2 aliphatic heterocycles. The van der Waals surface area contributed by atoms with Crippen LogP contribution < -0.4 is 15.4 Å². The molecule has 0 radical (unpaired) electrons. The van der Waals surface area contributed by atoms with Crippen LogP contribution in [0.3, 0.4) is 0 Å². The summed E-state index contributed by atoms with van der Waals surface area (Å²) in [6.07, 6.45) is -0.477. The molecule has 3 heterocycles. The highest BCUT2D eigenvalue weighted by molar-refractivity contribution is 7.80. The Morgan fingerprint density at radius 2 is 1.94 bits per heavy atom. The molecule has 0 amide bonds. The average Bonchev–Trinajstić information content (AvgIpc) is 3.61. The fourth-order valence-corrected chi connectivity index (χ4v) is 4.63. The first-order valence-electron chi connectivity index (χ1n) is 11.0. The van der Waals surface area contributed by atoms with E-state index in [1.54, 1.807) is 30.0 Å². The predicted octanol–water partition coefficient (Wildman–Crippen LogP) is 1.83. The Hall–Kier alpha value is -3.61. The highest BCUT2D eigenvalue weighted by Crippen LogP contribution is 2.36. The molecule has 35 heavy (non-hydrogen) atoms. The smallest absolute Gasteiger partial charge is 0.337 e. The maximum Gasteiger partial charge on any atom is 0.337 e. The lowest BCUT2D eigenvalue weighted by molar-refractivity contribution is 0.0600. The lowest BCUT2D eigenvalue weighted by atomic mass is 10.1. The Bertz CT molecular complexity index is 1240. The van der Waals surface area contributed by atoms with Gasteiger partial charge in [-0.05, 0) is 53.0 Å². The quantitative estimate of drug-likeness (QED) is 0.384. The van der Waals surface area contributed by atoms with Crippen molar-refractivity contribution in [2.24, 2.45) is 0 Å². The summed E-state index contributed by atoms with van der Waals surface area (Å²) >= 11 is 5.49. The number of rotatable bonds is 6. The fourth-order valence-electron chi connectivity index (χ4n) is 4.36. The van der Waals surface area contributed by atoms with Gasteiger partial charge in [0.1, 0.15) is 24.0 Å². The van der Waals surface area contributed by atoms with E-state index in [9.17, 15) is 4.79 Å². The van der Waals surface area contributed by atoms with Crippen LogP contribution in [0.15, 0.2) is 48.5 Å². The minimum atomic E-state index is -0.416. The molecule has 0 aliphatic carbocycles. The molecule has 1 aromatic heterocycles. The summed E-state index contributed by atoms with van der Waals surface area (Å²) < 4.78 is 24.0. The molecule has 4 atom stereocenters. The lowest BCUT2D eigenvalue weighted by Gasteiger charge is -2.20. The van der Waals surface area contributed by atoms with Gasteiger partial charge in [-0.3, -0.25) is 0 Å². The Labute approximate surface area is 206 Å². The minimum Gasteiger partial charge on any atom is -0.497 e. The van der Waals surface area contributed by atoms with E-state index in [1.165, 1.54) is 7.11 Å². The maximum atomic E-state index is 11.8. The van der Waals surface area contributed by atoms with Crippen molar-refractivity contribution in [2.45, 2.75) is 24.3 Å². The number of thiocarbonyl (C=S) groups is 1. The number of nitrogens with one attached hydrogen (secondary N) is 2. The number of hydrogen-bond acceptors (Lipinski definition) is 9. The van der Waals surface area contributed by atoms with E-state index in [-0.39, 0.29) is 24.3 Å². The molecule has 2 aliphatic rings. The van der Waals surface area contributed by atoms with Gasteiger partial charge in [0.05, 0.1) is 39.0 Å². The number of methoxy groups -OCH3 is 2. The molecule has 5 rings (SSSR count). The molecule has 2 fully saturated rings. The Morgan fingerprint density at radius 3 is 2.77 bits per heavy atom. The number of aromatic nitrogens is 4. The van der Waals surface area contributed by atoms with Crippen molar-refractivity contribution in [2.75, 3.05) is 32.8 Å². The van der Waals surface area contributed by atoms with Crippen LogP contribution in [0.4, 0.5) is 5.69 Å². The Balaban J connectivity index is 1.25. The zero-order chi connectivity index (χ0) is 24.4. The highest BCUT2D eigenvalue weighted by Gasteiger charge is 2.49. The maximum absolute atomic E-state index is 11.8. The number of ether oxygens (including phenoxy) is 4. The van der Waals surface area contributed by atoms with Crippen LogP contribution in [0.1, 0.15) is 16.4 Å². The molecule has 11 nitrogen and oxygen atoms in total. The molecule has 3 aromatic rings. The van der Waals surface area contributed by atoms with E-state index in [1.807, 2.05) is 30.3 Å². The Morgan fingerprint density at radius 1 is 1.11 bits per heavy atom. The summed E-state index contributed by atoms with van der Waals surface area (Å²) in [5, 5.41) is 19.1. The van der Waals surface area contributed by atoms with Crippen LogP contribution in [-0.2, 0) is 14.2 Å². The van der Waals surface area contributed by atoms with Crippen molar-refractivity contribution in [1.82, 2.24) is 25.5 Å². The van der Waals surface area contributed by atoms with Gasteiger partial charge in [-0.1, -0.05) is 18.2 Å². The zero-order valence-corrected chi connectivity index (χ0v) is 19.9. The van der Waals surface area contributed by atoms with Gasteiger partial charge in [-0.25, -0.2) is 9.48 Å². The number of carbonyl (C=O) groups excluding carboxylic acids is 1. The first-order valence-corrected chi connectivity index (χ1v) is 11.4. The normalized spacial score (nSPS) is 22.9. The van der Waals surface area contributed by atoms with Crippen LogP contribution in [0, 0.1) is 0 Å². The molecule has 4 unspecified atom stereocenters. The third kappa shape index (κ3) is 4.67. The van der Waals surface area contributed by atoms with Crippen molar-refractivity contribution >= 4 is 29.0 Å². The van der Waals surface area contributed by atoms with Crippen molar-refractivity contribution in [1.29, 1.82) is 0 Å². The van der Waals surface area contributed by atoms with Crippen molar-refractivity contribution < 1.29 is 23.7 Å². The number of anilines is 1. The molecule has 0 bridgehead atoms. The average molecular weight is 497 g/mol. The van der Waals surface area contributed by atoms with Crippen LogP contribution in [0.2, 0.25) is 0 Å². The lowest BCUT2D eigenvalue weighted by Crippen LogP contribution is -2.45. The van der Waals surface area contributed by atoms with Crippen LogP contribution in [0.25, 0.3) is 11.4 Å². The molecule has 12 heteroatoms. The van der Waals surface area contributed by atoms with E-state index >= 15 is 0 Å². The topological polar surface area (TPSA) is 122 Å². The summed E-state index contributed by atoms with van der Waals surface area (Å²) in [4.78, 5) is 11.8. The van der Waals surface area contributed by atoms with Gasteiger partial charge in [0.15, 0.2) is 10.9 Å². The summed E-state index contributed by atoms with van der Waals surface area (Å²) in [7, 11) is 2.96. The van der Waals surface area contributed by atoms with E-state index in [2.05, 4.69) is 26.2 Å². The second-order valence-electron chi connectivity index (χ2n) is 8.12. The van der Waals surface area contributed by atoms with Crippen molar-refractivity contribution in [3.63, 3.8) is 0 Å². The SMILES string of the molecule is COC(=O)c1cccc(NC(=S)NC2COC3C2OCC3n2nnnc2-c2cccc(OC)c2)c1. The second kappa shape index (κ2) is 9.94. The summed E-state index contributed by atoms with van der Waals surface area (Å²) in [6.45, 7) is 0.809. The van der Waals surface area contributed by atoms with Gasteiger partial charge >= 0.3 is 5.97 Å². The summed E-state index contributed by atoms with van der Waals surface area (Å²) in [5.74, 6) is 0.916. The van der Waals surface area contributed by atoms with Crippen LogP contribution in [0.5, 0.6) is 5.75 Å². The molecular weight excluding hydrogens is 472 g/mol. The molecule has 2 aromatic carbocycles. The molecular formula is C23H24N6O5S. The largest absolute Gasteiger partial charge is 0.497 e. The van der Waals surface area contributed by atoms with E-state index in [0.717, 1.165) is 11.3 Å². The monoisotopic (exact) mass is 496 g/mol. The minimum absolute atomic E-state index is 0.162. The van der Waals surface area contributed by atoms with Crippen LogP contribution >= 0.6 is 12.2 Å². The van der Waals surface area contributed by atoms with Gasteiger partial charge in [0, 0.05) is 11.3 Å². The van der Waals surface area contributed by atoms with Gasteiger partial charge in [0.25, 0.3) is 0 Å². The highest BCUT2D eigenvalue weighted by atomic mass is 32.1.